The van der Waals surface area contributed by atoms with Gasteiger partial charge in [0, 0.05) is 19.4 Å². The van der Waals surface area contributed by atoms with Gasteiger partial charge in [-0.15, -0.1) is 0 Å². The summed E-state index contributed by atoms with van der Waals surface area (Å²) in [5.74, 6) is 0. The summed E-state index contributed by atoms with van der Waals surface area (Å²) in [4.78, 5) is 0. The fourth-order valence-electron chi connectivity index (χ4n) is 4.00. The largest absolute Gasteiger partial charge is 0.537 e. The molecule has 4 rings (SSSR count). The van der Waals surface area contributed by atoms with E-state index in [0.29, 0.717) is 0 Å². The Labute approximate surface area is 185 Å². The summed E-state index contributed by atoms with van der Waals surface area (Å²) in [6, 6.07) is 40.7. The van der Waals surface area contributed by atoms with Crippen LogP contribution in [-0.4, -0.2) is 23.0 Å². The van der Waals surface area contributed by atoms with Crippen LogP contribution in [0.4, 0.5) is 0 Å². The number of rotatable bonds is 8. The molecule has 0 N–H and O–H groups in total. The van der Waals surface area contributed by atoms with E-state index < -0.39 is 14.4 Å². The molecule has 0 aliphatic carbocycles. The highest BCUT2D eigenvalue weighted by molar-refractivity contribution is 6.75. The Morgan fingerprint density at radius 2 is 0.806 bits per heavy atom. The zero-order valence-corrected chi connectivity index (χ0v) is 18.8. The minimum absolute atomic E-state index is 0.909. The van der Waals surface area contributed by atoms with E-state index in [-0.39, 0.29) is 0 Å². The predicted molar refractivity (Wildman–Crippen MR) is 126 cm³/mol. The molecule has 0 heterocycles. The lowest BCUT2D eigenvalue weighted by molar-refractivity contribution is 0.0395. The Hall–Kier alpha value is -3.02. The van der Waals surface area contributed by atoms with E-state index >= 15 is 0 Å². The molecule has 0 saturated heterocycles. The minimum Gasteiger partial charge on any atom is -0.373 e. The fraction of sp³-hybridized carbons (Fsp3) is 0.111. The molecule has 0 unspecified atom stereocenters. The molecule has 0 bridgehead atoms. The van der Waals surface area contributed by atoms with E-state index in [1.54, 1.807) is 14.2 Å². The summed E-state index contributed by atoms with van der Waals surface area (Å²) >= 11 is 0. The number of benzene rings is 4. The summed E-state index contributed by atoms with van der Waals surface area (Å²) in [6.45, 7) is 0. The van der Waals surface area contributed by atoms with Crippen LogP contribution in [0.5, 0.6) is 0 Å². The molecule has 156 valence electrons. The van der Waals surface area contributed by atoms with Gasteiger partial charge in [-0.1, -0.05) is 121 Å². The Bertz CT molecular complexity index is 970. The van der Waals surface area contributed by atoms with Crippen molar-refractivity contribution in [1.82, 2.24) is 0 Å². The molecule has 31 heavy (non-hydrogen) atoms. The molecule has 0 amide bonds. The van der Waals surface area contributed by atoms with Crippen molar-refractivity contribution >= 4 is 14.0 Å². The molecule has 3 nitrogen and oxygen atoms in total. The Kier molecular flexibility index (Phi) is 6.44. The van der Waals surface area contributed by atoms with Crippen molar-refractivity contribution in [1.29, 1.82) is 0 Å². The molecule has 0 spiro atoms. The van der Waals surface area contributed by atoms with Gasteiger partial charge in [0.05, 0.1) is 0 Å². The van der Waals surface area contributed by atoms with Crippen LogP contribution in [0.1, 0.15) is 16.7 Å². The van der Waals surface area contributed by atoms with Gasteiger partial charge in [-0.3, -0.25) is 0 Å². The van der Waals surface area contributed by atoms with E-state index in [2.05, 4.69) is 36.4 Å². The number of hydrogen-bond donors (Lipinski definition) is 0. The SMILES string of the molecule is CO[Si](OC)(OC(c1ccccc1)(c1ccccc1)c1ccccc1)c1ccccc1. The van der Waals surface area contributed by atoms with Crippen LogP contribution in [0.25, 0.3) is 0 Å². The molecule has 0 aromatic heterocycles. The summed E-state index contributed by atoms with van der Waals surface area (Å²) in [5, 5.41) is 0.909. The molecule has 0 aliphatic heterocycles. The van der Waals surface area contributed by atoms with Gasteiger partial charge in [-0.25, -0.2) is 0 Å². The van der Waals surface area contributed by atoms with Gasteiger partial charge in [-0.05, 0) is 16.7 Å². The maximum Gasteiger partial charge on any atom is 0.537 e. The molecule has 0 aliphatic rings. The van der Waals surface area contributed by atoms with E-state index in [9.17, 15) is 0 Å². The van der Waals surface area contributed by atoms with E-state index in [0.717, 1.165) is 21.9 Å². The second-order valence-corrected chi connectivity index (χ2v) is 9.92. The fourth-order valence-corrected chi connectivity index (χ4v) is 6.28. The summed E-state index contributed by atoms with van der Waals surface area (Å²) in [7, 11) is 0.0190. The average molecular weight is 427 g/mol. The zero-order chi connectivity index (χ0) is 21.6. The summed E-state index contributed by atoms with van der Waals surface area (Å²) in [5.41, 5.74) is 2.11. The molecular formula is C27H26O3Si. The molecule has 4 aromatic rings. The van der Waals surface area contributed by atoms with Gasteiger partial charge >= 0.3 is 8.80 Å². The van der Waals surface area contributed by atoms with Crippen molar-refractivity contribution in [3.63, 3.8) is 0 Å². The first kappa shape index (κ1) is 21.2. The van der Waals surface area contributed by atoms with Crippen molar-refractivity contribution in [3.8, 4) is 0 Å². The maximum atomic E-state index is 7.16. The van der Waals surface area contributed by atoms with Gasteiger partial charge in [0.1, 0.15) is 5.60 Å². The van der Waals surface area contributed by atoms with Crippen LogP contribution in [0.2, 0.25) is 0 Å². The van der Waals surface area contributed by atoms with Crippen LogP contribution < -0.4 is 5.19 Å². The van der Waals surface area contributed by atoms with Crippen LogP contribution in [0.3, 0.4) is 0 Å². The van der Waals surface area contributed by atoms with Crippen LogP contribution in [-0.2, 0) is 18.9 Å². The van der Waals surface area contributed by atoms with Gasteiger partial charge < -0.3 is 13.3 Å². The third-order valence-electron chi connectivity index (χ3n) is 5.49. The van der Waals surface area contributed by atoms with Crippen molar-refractivity contribution in [3.05, 3.63) is 138 Å². The summed E-state index contributed by atoms with van der Waals surface area (Å²) in [6.07, 6.45) is 0. The minimum atomic E-state index is -3.30. The van der Waals surface area contributed by atoms with Crippen molar-refractivity contribution in [2.45, 2.75) is 5.60 Å². The average Bonchev–Trinajstić information content (AvgIpc) is 2.87. The zero-order valence-electron chi connectivity index (χ0n) is 17.8. The second-order valence-electron chi connectivity index (χ2n) is 7.21. The van der Waals surface area contributed by atoms with Crippen LogP contribution in [0, 0.1) is 0 Å². The highest BCUT2D eigenvalue weighted by atomic mass is 28.4. The van der Waals surface area contributed by atoms with Crippen molar-refractivity contribution < 1.29 is 13.3 Å². The molecular weight excluding hydrogens is 400 g/mol. The topological polar surface area (TPSA) is 27.7 Å². The standard InChI is InChI=1S/C27H26O3Si/c1-28-31(29-2,26-21-13-6-14-22-26)30-27(23-15-7-3-8-16-23,24-17-9-4-10-18-24)25-19-11-5-12-20-25/h3-22H,1-2H3. The smallest absolute Gasteiger partial charge is 0.373 e. The molecule has 0 radical (unpaired) electrons. The number of hydrogen-bond acceptors (Lipinski definition) is 3. The van der Waals surface area contributed by atoms with Crippen molar-refractivity contribution in [2.24, 2.45) is 0 Å². The normalized spacial score (nSPS) is 11.9. The van der Waals surface area contributed by atoms with Crippen LogP contribution >= 0.6 is 0 Å². The first-order chi connectivity index (χ1) is 15.2. The van der Waals surface area contributed by atoms with E-state index in [4.69, 9.17) is 13.3 Å². The Morgan fingerprint density at radius 3 is 1.13 bits per heavy atom. The molecule has 0 fully saturated rings. The lowest BCUT2D eigenvalue weighted by Crippen LogP contribution is -2.60. The van der Waals surface area contributed by atoms with Crippen LogP contribution in [0.15, 0.2) is 121 Å². The molecule has 4 aromatic carbocycles. The highest BCUT2D eigenvalue weighted by Crippen LogP contribution is 2.42. The third kappa shape index (κ3) is 3.99. The summed E-state index contributed by atoms with van der Waals surface area (Å²) < 4.78 is 19.3. The van der Waals surface area contributed by atoms with Gasteiger partial charge in [-0.2, -0.15) is 0 Å². The maximum absolute atomic E-state index is 7.16. The van der Waals surface area contributed by atoms with E-state index in [1.807, 2.05) is 84.9 Å². The van der Waals surface area contributed by atoms with Gasteiger partial charge in [0.2, 0.25) is 0 Å². The second kappa shape index (κ2) is 9.41. The first-order valence-electron chi connectivity index (χ1n) is 10.3. The third-order valence-corrected chi connectivity index (χ3v) is 8.18. The van der Waals surface area contributed by atoms with Crippen molar-refractivity contribution in [2.75, 3.05) is 14.2 Å². The van der Waals surface area contributed by atoms with Gasteiger partial charge in [0.15, 0.2) is 0 Å². The van der Waals surface area contributed by atoms with E-state index in [1.165, 1.54) is 0 Å². The molecule has 4 heteroatoms. The Balaban J connectivity index is 2.02. The van der Waals surface area contributed by atoms with Gasteiger partial charge in [0.25, 0.3) is 0 Å². The molecule has 0 atom stereocenters. The quantitative estimate of drug-likeness (QED) is 0.289. The highest BCUT2D eigenvalue weighted by Gasteiger charge is 2.51. The lowest BCUT2D eigenvalue weighted by Gasteiger charge is -2.42. The predicted octanol–water partition coefficient (Wildman–Crippen LogP) is 5.13. The first-order valence-corrected chi connectivity index (χ1v) is 12.0. The lowest BCUT2D eigenvalue weighted by atomic mass is 9.80. The molecule has 0 saturated carbocycles. The Morgan fingerprint density at radius 1 is 0.484 bits per heavy atom. The monoisotopic (exact) mass is 426 g/mol.